The number of hydrogen-bond acceptors (Lipinski definition) is 4. The van der Waals surface area contributed by atoms with E-state index in [9.17, 15) is 0 Å². The van der Waals surface area contributed by atoms with Crippen LogP contribution in [-0.2, 0) is 4.74 Å². The third-order valence-electron chi connectivity index (χ3n) is 3.53. The molecular weight excluding hydrogens is 242 g/mol. The van der Waals surface area contributed by atoms with Gasteiger partial charge in [0.05, 0.1) is 20.3 Å². The lowest BCUT2D eigenvalue weighted by molar-refractivity contribution is 0.138. The molecule has 1 saturated heterocycles. The van der Waals surface area contributed by atoms with E-state index in [4.69, 9.17) is 19.9 Å². The molecule has 19 heavy (non-hydrogen) atoms. The number of hydrogen-bond donors (Lipinski definition) is 1. The van der Waals surface area contributed by atoms with E-state index in [2.05, 4.69) is 13.0 Å². The second kappa shape index (κ2) is 6.78. The Bertz CT molecular complexity index is 402. The Morgan fingerprint density at radius 3 is 2.95 bits per heavy atom. The molecule has 0 amide bonds. The lowest BCUT2D eigenvalue weighted by atomic mass is 9.96. The van der Waals surface area contributed by atoms with E-state index >= 15 is 0 Å². The highest BCUT2D eigenvalue weighted by atomic mass is 16.6. The Morgan fingerprint density at radius 2 is 2.32 bits per heavy atom. The first-order valence-electron chi connectivity index (χ1n) is 6.87. The maximum Gasteiger partial charge on any atom is 0.164 e. The first-order chi connectivity index (χ1) is 9.26. The van der Waals surface area contributed by atoms with Crippen molar-refractivity contribution in [2.75, 3.05) is 26.9 Å². The van der Waals surface area contributed by atoms with Gasteiger partial charge in [0.2, 0.25) is 0 Å². The zero-order chi connectivity index (χ0) is 13.7. The Morgan fingerprint density at radius 1 is 1.47 bits per heavy atom. The second-order valence-electron chi connectivity index (χ2n) is 4.96. The van der Waals surface area contributed by atoms with Gasteiger partial charge in [0.1, 0.15) is 6.10 Å². The SMILES string of the molecule is COc1c(OC2CCOC2)cccc1C(C)CCN. The van der Waals surface area contributed by atoms with Gasteiger partial charge in [-0.2, -0.15) is 0 Å². The van der Waals surface area contributed by atoms with Gasteiger partial charge in [0.25, 0.3) is 0 Å². The number of methoxy groups -OCH3 is 1. The summed E-state index contributed by atoms with van der Waals surface area (Å²) in [5.74, 6) is 2.00. The molecule has 1 fully saturated rings. The van der Waals surface area contributed by atoms with Crippen LogP contribution in [0.15, 0.2) is 18.2 Å². The van der Waals surface area contributed by atoms with E-state index < -0.39 is 0 Å². The van der Waals surface area contributed by atoms with Crippen LogP contribution >= 0.6 is 0 Å². The lowest BCUT2D eigenvalue weighted by Gasteiger charge is -2.20. The van der Waals surface area contributed by atoms with Crippen LogP contribution in [0.1, 0.15) is 31.2 Å². The molecule has 2 atom stereocenters. The van der Waals surface area contributed by atoms with Crippen LogP contribution in [-0.4, -0.2) is 33.0 Å². The van der Waals surface area contributed by atoms with Crippen LogP contribution in [0, 0.1) is 0 Å². The van der Waals surface area contributed by atoms with Crippen molar-refractivity contribution in [1.29, 1.82) is 0 Å². The smallest absolute Gasteiger partial charge is 0.164 e. The molecule has 1 aromatic carbocycles. The molecule has 1 heterocycles. The third-order valence-corrected chi connectivity index (χ3v) is 3.53. The zero-order valence-electron chi connectivity index (χ0n) is 11.7. The van der Waals surface area contributed by atoms with Crippen LogP contribution in [0.2, 0.25) is 0 Å². The van der Waals surface area contributed by atoms with E-state index in [0.29, 0.717) is 19.1 Å². The fraction of sp³-hybridized carbons (Fsp3) is 0.600. The fourth-order valence-electron chi connectivity index (χ4n) is 2.42. The van der Waals surface area contributed by atoms with Crippen molar-refractivity contribution >= 4 is 0 Å². The molecule has 1 aliphatic rings. The number of rotatable bonds is 6. The molecule has 2 rings (SSSR count). The molecule has 0 aliphatic carbocycles. The van der Waals surface area contributed by atoms with Crippen LogP contribution in [0.25, 0.3) is 0 Å². The molecule has 0 bridgehead atoms. The minimum absolute atomic E-state index is 0.133. The van der Waals surface area contributed by atoms with Crippen molar-refractivity contribution in [1.82, 2.24) is 0 Å². The summed E-state index contributed by atoms with van der Waals surface area (Å²) < 4.78 is 16.9. The first-order valence-corrected chi connectivity index (χ1v) is 6.87. The molecule has 1 aliphatic heterocycles. The molecule has 0 aromatic heterocycles. The second-order valence-corrected chi connectivity index (χ2v) is 4.96. The van der Waals surface area contributed by atoms with Crippen molar-refractivity contribution < 1.29 is 14.2 Å². The number of nitrogens with two attached hydrogens (primary N) is 1. The summed E-state index contributed by atoms with van der Waals surface area (Å²) in [5, 5.41) is 0. The van der Waals surface area contributed by atoms with E-state index in [1.54, 1.807) is 7.11 Å². The van der Waals surface area contributed by atoms with E-state index in [1.165, 1.54) is 0 Å². The predicted octanol–water partition coefficient (Wildman–Crippen LogP) is 2.32. The van der Waals surface area contributed by atoms with Gasteiger partial charge in [-0.05, 0) is 24.9 Å². The highest BCUT2D eigenvalue weighted by Crippen LogP contribution is 2.37. The average molecular weight is 265 g/mol. The van der Waals surface area contributed by atoms with E-state index in [0.717, 1.165) is 36.5 Å². The first kappa shape index (κ1) is 14.2. The molecule has 2 unspecified atom stereocenters. The Hall–Kier alpha value is -1.26. The van der Waals surface area contributed by atoms with Crippen LogP contribution < -0.4 is 15.2 Å². The van der Waals surface area contributed by atoms with Gasteiger partial charge in [0, 0.05) is 12.0 Å². The average Bonchev–Trinajstić information content (AvgIpc) is 2.91. The van der Waals surface area contributed by atoms with Gasteiger partial charge in [-0.25, -0.2) is 0 Å². The van der Waals surface area contributed by atoms with Crippen molar-refractivity contribution in [3.63, 3.8) is 0 Å². The summed E-state index contributed by atoms with van der Waals surface area (Å²) in [4.78, 5) is 0. The lowest BCUT2D eigenvalue weighted by Crippen LogP contribution is -2.16. The normalized spacial score (nSPS) is 20.3. The maximum atomic E-state index is 5.99. The van der Waals surface area contributed by atoms with Crippen LogP contribution in [0.5, 0.6) is 11.5 Å². The molecule has 1 aromatic rings. The zero-order valence-corrected chi connectivity index (χ0v) is 11.7. The van der Waals surface area contributed by atoms with Crippen LogP contribution in [0.3, 0.4) is 0 Å². The Kier molecular flexibility index (Phi) is 5.05. The van der Waals surface area contributed by atoms with Crippen molar-refractivity contribution in [2.24, 2.45) is 5.73 Å². The summed E-state index contributed by atoms with van der Waals surface area (Å²) >= 11 is 0. The third kappa shape index (κ3) is 3.39. The van der Waals surface area contributed by atoms with E-state index in [-0.39, 0.29) is 6.10 Å². The van der Waals surface area contributed by atoms with Crippen molar-refractivity contribution in [3.8, 4) is 11.5 Å². The van der Waals surface area contributed by atoms with Gasteiger partial charge >= 0.3 is 0 Å². The quantitative estimate of drug-likeness (QED) is 0.857. The van der Waals surface area contributed by atoms with Crippen molar-refractivity contribution in [2.45, 2.75) is 31.8 Å². The molecule has 0 spiro atoms. The van der Waals surface area contributed by atoms with Gasteiger partial charge in [0.15, 0.2) is 11.5 Å². The fourth-order valence-corrected chi connectivity index (χ4v) is 2.42. The number of ether oxygens (including phenoxy) is 3. The summed E-state index contributed by atoms with van der Waals surface area (Å²) in [7, 11) is 1.69. The summed E-state index contributed by atoms with van der Waals surface area (Å²) in [6.07, 6.45) is 2.01. The number of benzene rings is 1. The minimum Gasteiger partial charge on any atom is -0.493 e. The highest BCUT2D eigenvalue weighted by molar-refractivity contribution is 5.48. The summed E-state index contributed by atoms with van der Waals surface area (Å²) in [6.45, 7) is 4.26. The van der Waals surface area contributed by atoms with Gasteiger partial charge in [-0.15, -0.1) is 0 Å². The molecule has 0 radical (unpaired) electrons. The van der Waals surface area contributed by atoms with Gasteiger partial charge in [-0.1, -0.05) is 19.1 Å². The van der Waals surface area contributed by atoms with E-state index in [1.807, 2.05) is 12.1 Å². The maximum absolute atomic E-state index is 5.99. The van der Waals surface area contributed by atoms with Gasteiger partial charge in [-0.3, -0.25) is 0 Å². The Labute approximate surface area is 114 Å². The predicted molar refractivity (Wildman–Crippen MR) is 74.9 cm³/mol. The summed E-state index contributed by atoms with van der Waals surface area (Å²) in [5.41, 5.74) is 6.80. The molecular formula is C15H23NO3. The van der Waals surface area contributed by atoms with Crippen molar-refractivity contribution in [3.05, 3.63) is 23.8 Å². The standard InChI is InChI=1S/C15H23NO3/c1-11(6-8-16)13-4-3-5-14(15(13)17-2)19-12-7-9-18-10-12/h3-5,11-12H,6-10,16H2,1-2H3. The molecule has 4 heteroatoms. The Balaban J connectivity index is 2.20. The molecule has 4 nitrogen and oxygen atoms in total. The largest absolute Gasteiger partial charge is 0.493 e. The molecule has 0 saturated carbocycles. The minimum atomic E-state index is 0.133. The summed E-state index contributed by atoms with van der Waals surface area (Å²) in [6, 6.07) is 6.04. The highest BCUT2D eigenvalue weighted by Gasteiger charge is 2.21. The topological polar surface area (TPSA) is 53.7 Å². The molecule has 106 valence electrons. The van der Waals surface area contributed by atoms with Gasteiger partial charge < -0.3 is 19.9 Å². The number of para-hydroxylation sites is 1. The monoisotopic (exact) mass is 265 g/mol. The van der Waals surface area contributed by atoms with Crippen LogP contribution in [0.4, 0.5) is 0 Å². The molecule has 2 N–H and O–H groups in total.